The van der Waals surface area contributed by atoms with E-state index >= 15 is 0 Å². The van der Waals surface area contributed by atoms with E-state index in [0.717, 1.165) is 0 Å². The lowest BCUT2D eigenvalue weighted by atomic mass is 10.1. The zero-order valence-electron chi connectivity index (χ0n) is 7.87. The zero-order chi connectivity index (χ0) is 10.6. The Balaban J connectivity index is 2.73. The molecule has 14 heavy (non-hydrogen) atoms. The monoisotopic (exact) mass is 197 g/mol. The van der Waals surface area contributed by atoms with Crippen molar-refractivity contribution in [1.82, 2.24) is 0 Å². The Hall–Kier alpha value is -1.42. The summed E-state index contributed by atoms with van der Waals surface area (Å²) in [5.74, 6) is 0.0554. The molecule has 0 aliphatic heterocycles. The van der Waals surface area contributed by atoms with Crippen molar-refractivity contribution in [2.24, 2.45) is 5.73 Å². The molecule has 0 aromatic heterocycles. The standard InChI is InChI=1S/C10H12FNO2/c1-7(13)14-9-4-2-8(3-5-9)10(12)6-11/h2-5,10H,6,12H2,1H3/t10-/m0/s1. The van der Waals surface area contributed by atoms with Gasteiger partial charge in [-0.25, -0.2) is 4.39 Å². The maximum absolute atomic E-state index is 12.2. The van der Waals surface area contributed by atoms with Gasteiger partial charge < -0.3 is 10.5 Å². The molecule has 3 nitrogen and oxygen atoms in total. The van der Waals surface area contributed by atoms with Crippen LogP contribution in [0.25, 0.3) is 0 Å². The summed E-state index contributed by atoms with van der Waals surface area (Å²) in [6, 6.07) is 5.85. The van der Waals surface area contributed by atoms with Gasteiger partial charge in [0.05, 0.1) is 6.04 Å². The lowest BCUT2D eigenvalue weighted by Crippen LogP contribution is -2.11. The minimum atomic E-state index is -0.610. The first-order valence-electron chi connectivity index (χ1n) is 4.23. The van der Waals surface area contributed by atoms with E-state index in [4.69, 9.17) is 10.5 Å². The number of halogens is 1. The summed E-state index contributed by atoms with van der Waals surface area (Å²) < 4.78 is 17.0. The molecule has 0 saturated heterocycles. The van der Waals surface area contributed by atoms with Gasteiger partial charge in [0.25, 0.3) is 0 Å². The molecular formula is C10H12FNO2. The van der Waals surface area contributed by atoms with Crippen LogP contribution in [0.1, 0.15) is 18.5 Å². The number of ether oxygens (including phenoxy) is 1. The summed E-state index contributed by atoms with van der Waals surface area (Å²) in [6.45, 7) is 0.716. The summed E-state index contributed by atoms with van der Waals surface area (Å²) in [7, 11) is 0. The molecule has 0 saturated carbocycles. The van der Waals surface area contributed by atoms with Crippen LogP contribution >= 0.6 is 0 Å². The Morgan fingerprint density at radius 1 is 1.50 bits per heavy atom. The highest BCUT2D eigenvalue weighted by atomic mass is 19.1. The third kappa shape index (κ3) is 2.81. The van der Waals surface area contributed by atoms with Crippen LogP contribution in [0, 0.1) is 0 Å². The molecule has 0 unspecified atom stereocenters. The number of carbonyl (C=O) groups excluding carboxylic acids is 1. The van der Waals surface area contributed by atoms with Crippen molar-refractivity contribution in [1.29, 1.82) is 0 Å². The zero-order valence-corrected chi connectivity index (χ0v) is 7.87. The highest BCUT2D eigenvalue weighted by Gasteiger charge is 2.05. The minimum Gasteiger partial charge on any atom is -0.427 e. The summed E-state index contributed by atoms with van der Waals surface area (Å²) >= 11 is 0. The Morgan fingerprint density at radius 3 is 2.50 bits per heavy atom. The van der Waals surface area contributed by atoms with Gasteiger partial charge in [-0.1, -0.05) is 12.1 Å². The SMILES string of the molecule is CC(=O)Oc1ccc([C@@H](N)CF)cc1. The first-order chi connectivity index (χ1) is 6.63. The largest absolute Gasteiger partial charge is 0.427 e. The molecule has 0 aliphatic carbocycles. The van der Waals surface area contributed by atoms with E-state index in [9.17, 15) is 9.18 Å². The van der Waals surface area contributed by atoms with Gasteiger partial charge in [0, 0.05) is 6.92 Å². The molecule has 0 radical (unpaired) electrons. The molecule has 1 aromatic carbocycles. The second-order valence-electron chi connectivity index (χ2n) is 2.92. The van der Waals surface area contributed by atoms with Crippen LogP contribution in [0.15, 0.2) is 24.3 Å². The van der Waals surface area contributed by atoms with E-state index in [0.29, 0.717) is 11.3 Å². The fourth-order valence-electron chi connectivity index (χ4n) is 1.04. The first-order valence-corrected chi connectivity index (χ1v) is 4.23. The van der Waals surface area contributed by atoms with Crippen molar-refractivity contribution in [3.8, 4) is 5.75 Å². The van der Waals surface area contributed by atoms with Gasteiger partial charge >= 0.3 is 5.97 Å². The molecule has 1 rings (SSSR count). The summed E-state index contributed by atoms with van der Waals surface area (Å²) in [4.78, 5) is 10.6. The van der Waals surface area contributed by atoms with E-state index < -0.39 is 12.7 Å². The van der Waals surface area contributed by atoms with Crippen LogP contribution in [-0.2, 0) is 4.79 Å². The molecular weight excluding hydrogens is 185 g/mol. The van der Waals surface area contributed by atoms with Gasteiger partial charge in [-0.3, -0.25) is 4.79 Å². The molecule has 0 amide bonds. The smallest absolute Gasteiger partial charge is 0.308 e. The lowest BCUT2D eigenvalue weighted by molar-refractivity contribution is -0.131. The van der Waals surface area contributed by atoms with Crippen molar-refractivity contribution in [2.75, 3.05) is 6.67 Å². The Bertz CT molecular complexity index is 310. The molecule has 0 fully saturated rings. The summed E-state index contributed by atoms with van der Waals surface area (Å²) in [5.41, 5.74) is 6.15. The molecule has 76 valence electrons. The van der Waals surface area contributed by atoms with Gasteiger partial charge in [0.1, 0.15) is 12.4 Å². The van der Waals surface area contributed by atoms with Crippen molar-refractivity contribution in [3.05, 3.63) is 29.8 Å². The maximum Gasteiger partial charge on any atom is 0.308 e. The predicted molar refractivity (Wildman–Crippen MR) is 50.7 cm³/mol. The van der Waals surface area contributed by atoms with Crippen LogP contribution in [0.5, 0.6) is 5.75 Å². The van der Waals surface area contributed by atoms with E-state index in [1.807, 2.05) is 0 Å². The highest BCUT2D eigenvalue weighted by molar-refractivity contribution is 5.69. The molecule has 1 atom stereocenters. The van der Waals surface area contributed by atoms with Crippen LogP contribution in [0.2, 0.25) is 0 Å². The summed E-state index contributed by atoms with van der Waals surface area (Å²) in [5, 5.41) is 0. The van der Waals surface area contributed by atoms with Crippen molar-refractivity contribution in [2.45, 2.75) is 13.0 Å². The Kier molecular flexibility index (Phi) is 3.59. The normalized spacial score (nSPS) is 12.2. The summed E-state index contributed by atoms with van der Waals surface area (Å²) in [6.07, 6.45) is 0. The third-order valence-electron chi connectivity index (χ3n) is 1.74. The topological polar surface area (TPSA) is 52.3 Å². The van der Waals surface area contributed by atoms with Crippen LogP contribution in [0.4, 0.5) is 4.39 Å². The number of benzene rings is 1. The van der Waals surface area contributed by atoms with Gasteiger partial charge in [-0.2, -0.15) is 0 Å². The quantitative estimate of drug-likeness (QED) is 0.591. The molecule has 0 spiro atoms. The first kappa shape index (κ1) is 10.7. The number of nitrogens with two attached hydrogens (primary N) is 1. The minimum absolute atomic E-state index is 0.382. The molecule has 4 heteroatoms. The predicted octanol–water partition coefficient (Wildman–Crippen LogP) is 1.58. The average molecular weight is 197 g/mol. The van der Waals surface area contributed by atoms with E-state index in [1.165, 1.54) is 6.92 Å². The highest BCUT2D eigenvalue weighted by Crippen LogP contribution is 2.16. The second-order valence-corrected chi connectivity index (χ2v) is 2.92. The third-order valence-corrected chi connectivity index (χ3v) is 1.74. The fourth-order valence-corrected chi connectivity index (χ4v) is 1.04. The maximum atomic E-state index is 12.2. The van der Waals surface area contributed by atoms with Gasteiger partial charge in [-0.15, -0.1) is 0 Å². The van der Waals surface area contributed by atoms with Crippen LogP contribution in [-0.4, -0.2) is 12.6 Å². The Morgan fingerprint density at radius 2 is 2.07 bits per heavy atom. The molecule has 0 aliphatic rings. The molecule has 1 aromatic rings. The van der Waals surface area contributed by atoms with Crippen molar-refractivity contribution >= 4 is 5.97 Å². The number of esters is 1. The Labute approximate surface area is 81.7 Å². The second kappa shape index (κ2) is 4.72. The number of carbonyl (C=O) groups is 1. The van der Waals surface area contributed by atoms with Crippen LogP contribution < -0.4 is 10.5 Å². The fraction of sp³-hybridized carbons (Fsp3) is 0.300. The van der Waals surface area contributed by atoms with Crippen molar-refractivity contribution < 1.29 is 13.9 Å². The average Bonchev–Trinajstić information content (AvgIpc) is 2.17. The van der Waals surface area contributed by atoms with Gasteiger partial charge in [-0.05, 0) is 17.7 Å². The molecule has 0 heterocycles. The van der Waals surface area contributed by atoms with Crippen molar-refractivity contribution in [3.63, 3.8) is 0 Å². The van der Waals surface area contributed by atoms with E-state index in [1.54, 1.807) is 24.3 Å². The van der Waals surface area contributed by atoms with E-state index in [-0.39, 0.29) is 5.97 Å². The van der Waals surface area contributed by atoms with E-state index in [2.05, 4.69) is 0 Å². The number of rotatable bonds is 3. The number of alkyl halides is 1. The molecule has 2 N–H and O–H groups in total. The lowest BCUT2D eigenvalue weighted by Gasteiger charge is -2.07. The number of hydrogen-bond donors (Lipinski definition) is 1. The van der Waals surface area contributed by atoms with Crippen LogP contribution in [0.3, 0.4) is 0 Å². The van der Waals surface area contributed by atoms with Gasteiger partial charge in [0.2, 0.25) is 0 Å². The molecule has 0 bridgehead atoms. The van der Waals surface area contributed by atoms with Gasteiger partial charge in [0.15, 0.2) is 0 Å². The number of hydrogen-bond acceptors (Lipinski definition) is 3.